The first-order valence-corrected chi connectivity index (χ1v) is 10.8. The van der Waals surface area contributed by atoms with Crippen LogP contribution < -0.4 is 4.90 Å². The third-order valence-corrected chi connectivity index (χ3v) is 7.64. The highest BCUT2D eigenvalue weighted by atomic mass is 35.5. The lowest BCUT2D eigenvalue weighted by atomic mass is 10.1. The topological polar surface area (TPSA) is 66.8 Å². The van der Waals surface area contributed by atoms with Gasteiger partial charge in [0.05, 0.1) is 17.5 Å². The predicted molar refractivity (Wildman–Crippen MR) is 99.8 cm³/mol. The summed E-state index contributed by atoms with van der Waals surface area (Å²) >= 11 is 7.52. The highest BCUT2D eigenvalue weighted by Gasteiger charge is 2.49. The van der Waals surface area contributed by atoms with E-state index in [1.54, 1.807) is 26.0 Å². The largest absolute Gasteiger partial charge is 0.315 e. The van der Waals surface area contributed by atoms with Crippen molar-refractivity contribution in [1.82, 2.24) is 0 Å². The van der Waals surface area contributed by atoms with Crippen LogP contribution in [0.3, 0.4) is 0 Å². The second-order valence-corrected chi connectivity index (χ2v) is 10.3. The summed E-state index contributed by atoms with van der Waals surface area (Å²) in [5, 5.41) is 1.04. The van der Waals surface area contributed by atoms with Crippen molar-refractivity contribution in [3.63, 3.8) is 0 Å². The summed E-state index contributed by atoms with van der Waals surface area (Å²) in [6.07, 6.45) is 0. The van der Waals surface area contributed by atoms with Crippen molar-refractivity contribution in [1.29, 1.82) is 0 Å². The Hall–Kier alpha value is -1.05. The van der Waals surface area contributed by atoms with Crippen molar-refractivity contribution in [2.75, 3.05) is 16.4 Å². The van der Waals surface area contributed by atoms with E-state index in [-0.39, 0.29) is 34.6 Å². The van der Waals surface area contributed by atoms with Crippen LogP contribution in [0.2, 0.25) is 5.02 Å². The zero-order valence-corrected chi connectivity index (χ0v) is 16.1. The minimum Gasteiger partial charge on any atom is -0.315 e. The van der Waals surface area contributed by atoms with E-state index in [9.17, 15) is 13.2 Å². The molecule has 2 heterocycles. The molecule has 0 bridgehead atoms. The van der Waals surface area contributed by atoms with Crippen LogP contribution in [0.15, 0.2) is 23.2 Å². The maximum absolute atomic E-state index is 12.1. The van der Waals surface area contributed by atoms with Crippen molar-refractivity contribution < 1.29 is 13.2 Å². The number of fused-ring (bicyclic) bond motifs is 1. The van der Waals surface area contributed by atoms with Gasteiger partial charge in [-0.25, -0.2) is 8.42 Å². The number of thioether (sulfide) groups is 1. The van der Waals surface area contributed by atoms with E-state index in [1.165, 1.54) is 11.8 Å². The Morgan fingerprint density at radius 2 is 2.08 bits per heavy atom. The Kier molecular flexibility index (Phi) is 4.70. The van der Waals surface area contributed by atoms with Crippen LogP contribution in [-0.2, 0) is 14.6 Å². The molecule has 5 nitrogen and oxygen atoms in total. The van der Waals surface area contributed by atoms with Crippen LogP contribution in [0.25, 0.3) is 0 Å². The first kappa shape index (κ1) is 17.8. The SMILES string of the molecule is Cc1ccc(Cl)cc1N1C(=NC(=O)C(C)C)S[C@@H]2CS(=O)(=O)C[C@H]21. The fraction of sp³-hybridized carbons (Fsp3) is 0.500. The fourth-order valence-corrected chi connectivity index (χ4v) is 6.99. The number of hydrogen-bond donors (Lipinski definition) is 0. The van der Waals surface area contributed by atoms with E-state index >= 15 is 0 Å². The highest BCUT2D eigenvalue weighted by molar-refractivity contribution is 8.16. The Morgan fingerprint density at radius 1 is 1.38 bits per heavy atom. The number of benzene rings is 1. The molecule has 0 unspecified atom stereocenters. The predicted octanol–water partition coefficient (Wildman–Crippen LogP) is 2.91. The summed E-state index contributed by atoms with van der Waals surface area (Å²) in [5.41, 5.74) is 1.78. The van der Waals surface area contributed by atoms with Gasteiger partial charge in [0.2, 0.25) is 0 Å². The summed E-state index contributed by atoms with van der Waals surface area (Å²) < 4.78 is 24.1. The average Bonchev–Trinajstić information content (AvgIpc) is 2.92. The molecular weight excluding hydrogens is 368 g/mol. The second kappa shape index (κ2) is 6.35. The van der Waals surface area contributed by atoms with E-state index in [2.05, 4.69) is 4.99 Å². The zero-order chi connectivity index (χ0) is 17.6. The molecule has 0 spiro atoms. The lowest BCUT2D eigenvalue weighted by molar-refractivity contribution is -0.120. The summed E-state index contributed by atoms with van der Waals surface area (Å²) in [6, 6.07) is 5.28. The molecule has 3 rings (SSSR count). The number of carbonyl (C=O) groups excluding carboxylic acids is 1. The average molecular weight is 387 g/mol. The first-order chi connectivity index (χ1) is 11.2. The van der Waals surface area contributed by atoms with Crippen LogP contribution in [0.1, 0.15) is 19.4 Å². The Balaban J connectivity index is 2.08. The van der Waals surface area contributed by atoms with Gasteiger partial charge in [-0.3, -0.25) is 4.79 Å². The maximum atomic E-state index is 12.1. The normalized spacial score (nSPS) is 27.0. The summed E-state index contributed by atoms with van der Waals surface area (Å²) in [4.78, 5) is 18.3. The standard InChI is InChI=1S/C16H19ClN2O3S2/c1-9(2)15(20)18-16-19(12-6-11(17)5-4-10(12)3)13-7-24(21,22)8-14(13)23-16/h4-6,9,13-14H,7-8H2,1-3H3/t13-,14-/m1/s1. The molecule has 0 aromatic heterocycles. The molecular formula is C16H19ClN2O3S2. The van der Waals surface area contributed by atoms with Gasteiger partial charge in [0.1, 0.15) is 0 Å². The van der Waals surface area contributed by atoms with Crippen molar-refractivity contribution in [3.05, 3.63) is 28.8 Å². The van der Waals surface area contributed by atoms with Gasteiger partial charge in [-0.15, -0.1) is 0 Å². The molecule has 0 N–H and O–H groups in total. The van der Waals surface area contributed by atoms with E-state index < -0.39 is 9.84 Å². The molecule has 0 aliphatic carbocycles. The smallest absolute Gasteiger partial charge is 0.250 e. The van der Waals surface area contributed by atoms with Gasteiger partial charge in [0.25, 0.3) is 5.91 Å². The van der Waals surface area contributed by atoms with Gasteiger partial charge in [-0.1, -0.05) is 43.3 Å². The van der Waals surface area contributed by atoms with Gasteiger partial charge in [-0.2, -0.15) is 4.99 Å². The molecule has 0 saturated carbocycles. The van der Waals surface area contributed by atoms with E-state index in [0.717, 1.165) is 11.3 Å². The molecule has 1 amide bonds. The Labute approximate surface area is 151 Å². The first-order valence-electron chi connectivity index (χ1n) is 7.73. The molecule has 1 aromatic rings. The minimum absolute atomic E-state index is 0.0749. The molecule has 24 heavy (non-hydrogen) atoms. The summed E-state index contributed by atoms with van der Waals surface area (Å²) in [7, 11) is -3.07. The Bertz CT molecular complexity index is 821. The molecule has 1 aromatic carbocycles. The molecule has 2 aliphatic rings. The molecule has 2 aliphatic heterocycles. The van der Waals surface area contributed by atoms with Gasteiger partial charge in [0, 0.05) is 21.9 Å². The molecule has 2 fully saturated rings. The van der Waals surface area contributed by atoms with Crippen molar-refractivity contribution >= 4 is 50.0 Å². The van der Waals surface area contributed by atoms with Gasteiger partial charge in [-0.05, 0) is 24.6 Å². The number of anilines is 1. The quantitative estimate of drug-likeness (QED) is 0.781. The molecule has 0 radical (unpaired) electrons. The van der Waals surface area contributed by atoms with Crippen LogP contribution in [0, 0.1) is 12.8 Å². The molecule has 130 valence electrons. The number of amidine groups is 1. The molecule has 2 atom stereocenters. The third-order valence-electron chi connectivity index (χ3n) is 4.20. The number of rotatable bonds is 2. The molecule has 8 heteroatoms. The van der Waals surface area contributed by atoms with E-state index in [0.29, 0.717) is 10.2 Å². The van der Waals surface area contributed by atoms with Gasteiger partial charge < -0.3 is 4.90 Å². The number of halogens is 1. The van der Waals surface area contributed by atoms with Crippen molar-refractivity contribution in [2.24, 2.45) is 10.9 Å². The molecule has 2 saturated heterocycles. The zero-order valence-electron chi connectivity index (χ0n) is 13.7. The van der Waals surface area contributed by atoms with Crippen LogP contribution in [0.5, 0.6) is 0 Å². The van der Waals surface area contributed by atoms with Crippen LogP contribution in [-0.4, -0.2) is 42.3 Å². The Morgan fingerprint density at radius 3 is 2.75 bits per heavy atom. The minimum atomic E-state index is -3.07. The van der Waals surface area contributed by atoms with Gasteiger partial charge in [0.15, 0.2) is 15.0 Å². The van der Waals surface area contributed by atoms with Crippen molar-refractivity contribution in [2.45, 2.75) is 32.1 Å². The van der Waals surface area contributed by atoms with Gasteiger partial charge >= 0.3 is 0 Å². The summed E-state index contributed by atoms with van der Waals surface area (Å²) in [6.45, 7) is 5.54. The van der Waals surface area contributed by atoms with Crippen LogP contribution >= 0.6 is 23.4 Å². The number of carbonyl (C=O) groups is 1. The number of amides is 1. The second-order valence-electron chi connectivity index (χ2n) is 6.49. The maximum Gasteiger partial charge on any atom is 0.250 e. The lowest BCUT2D eigenvalue weighted by Crippen LogP contribution is -2.38. The number of aryl methyl sites for hydroxylation is 1. The number of hydrogen-bond acceptors (Lipinski definition) is 4. The van der Waals surface area contributed by atoms with Crippen molar-refractivity contribution in [3.8, 4) is 0 Å². The van der Waals surface area contributed by atoms with E-state index in [1.807, 2.05) is 17.9 Å². The number of aliphatic imine (C=N–C) groups is 1. The third kappa shape index (κ3) is 3.34. The number of nitrogens with zero attached hydrogens (tertiary/aromatic N) is 2. The highest BCUT2D eigenvalue weighted by Crippen LogP contribution is 2.42. The lowest BCUT2D eigenvalue weighted by Gasteiger charge is -2.26. The van der Waals surface area contributed by atoms with E-state index in [4.69, 9.17) is 11.6 Å². The fourth-order valence-electron chi connectivity index (χ4n) is 2.91. The van der Waals surface area contributed by atoms with Crippen LogP contribution in [0.4, 0.5) is 5.69 Å². The summed E-state index contributed by atoms with van der Waals surface area (Å²) in [5.74, 6) is -0.214. The number of sulfone groups is 1. The monoisotopic (exact) mass is 386 g/mol.